The van der Waals surface area contributed by atoms with Gasteiger partial charge in [0, 0.05) is 11.3 Å². The number of aryl methyl sites for hydroxylation is 1. The van der Waals surface area contributed by atoms with Crippen LogP contribution in [0.2, 0.25) is 0 Å². The number of carbonyl (C=O) groups excluding carboxylic acids is 1. The fraction of sp³-hybridized carbons (Fsp3) is 0.188. The summed E-state index contributed by atoms with van der Waals surface area (Å²) in [6.07, 6.45) is 0.833. The van der Waals surface area contributed by atoms with Crippen molar-refractivity contribution in [1.82, 2.24) is 0 Å². The first kappa shape index (κ1) is 13.3. The van der Waals surface area contributed by atoms with E-state index >= 15 is 0 Å². The first-order chi connectivity index (χ1) is 9.19. The lowest BCUT2D eigenvalue weighted by Gasteiger charge is -2.06. The third-order valence-electron chi connectivity index (χ3n) is 2.93. The molecule has 0 atom stereocenters. The highest BCUT2D eigenvalue weighted by molar-refractivity contribution is 6.04. The highest BCUT2D eigenvalue weighted by atomic mass is 16.1. The maximum absolute atomic E-state index is 12.1. The van der Waals surface area contributed by atoms with Crippen molar-refractivity contribution in [3.8, 4) is 0 Å². The zero-order valence-corrected chi connectivity index (χ0v) is 11.0. The second-order valence-corrected chi connectivity index (χ2v) is 4.56. The maximum Gasteiger partial charge on any atom is 0.255 e. The van der Waals surface area contributed by atoms with Gasteiger partial charge in [0.2, 0.25) is 0 Å². The zero-order chi connectivity index (χ0) is 13.7. The van der Waals surface area contributed by atoms with Crippen LogP contribution in [0.5, 0.6) is 0 Å². The SMILES string of the molecule is Cc1cccc(NC(=O)c2ccc(CCN)cc2)c1. The summed E-state index contributed by atoms with van der Waals surface area (Å²) >= 11 is 0. The van der Waals surface area contributed by atoms with E-state index in [2.05, 4.69) is 5.32 Å². The average molecular weight is 254 g/mol. The molecule has 3 heteroatoms. The molecule has 19 heavy (non-hydrogen) atoms. The van der Waals surface area contributed by atoms with E-state index in [1.54, 1.807) is 0 Å². The molecule has 2 rings (SSSR count). The van der Waals surface area contributed by atoms with Gasteiger partial charge in [0.05, 0.1) is 0 Å². The Balaban J connectivity index is 2.07. The van der Waals surface area contributed by atoms with Gasteiger partial charge in [-0.3, -0.25) is 4.79 Å². The molecule has 0 radical (unpaired) electrons. The Bertz CT molecular complexity index is 561. The van der Waals surface area contributed by atoms with Gasteiger partial charge in [-0.1, -0.05) is 24.3 Å². The Labute approximate surface area is 113 Å². The monoisotopic (exact) mass is 254 g/mol. The van der Waals surface area contributed by atoms with Crippen molar-refractivity contribution in [2.24, 2.45) is 5.73 Å². The Hall–Kier alpha value is -2.13. The summed E-state index contributed by atoms with van der Waals surface area (Å²) in [5.74, 6) is -0.0927. The second kappa shape index (κ2) is 6.16. The Morgan fingerprint density at radius 2 is 1.89 bits per heavy atom. The molecule has 0 unspecified atom stereocenters. The molecule has 0 saturated heterocycles. The Morgan fingerprint density at radius 3 is 2.53 bits per heavy atom. The minimum Gasteiger partial charge on any atom is -0.330 e. The number of rotatable bonds is 4. The molecule has 3 nitrogen and oxygen atoms in total. The molecule has 2 aromatic carbocycles. The van der Waals surface area contributed by atoms with E-state index in [1.165, 1.54) is 0 Å². The van der Waals surface area contributed by atoms with Crippen molar-refractivity contribution in [1.29, 1.82) is 0 Å². The van der Waals surface area contributed by atoms with Crippen LogP contribution >= 0.6 is 0 Å². The van der Waals surface area contributed by atoms with E-state index in [4.69, 9.17) is 5.73 Å². The van der Waals surface area contributed by atoms with Gasteiger partial charge in [-0.25, -0.2) is 0 Å². The third kappa shape index (κ3) is 3.66. The third-order valence-corrected chi connectivity index (χ3v) is 2.93. The van der Waals surface area contributed by atoms with Gasteiger partial charge in [-0.2, -0.15) is 0 Å². The van der Waals surface area contributed by atoms with E-state index in [-0.39, 0.29) is 5.91 Å². The van der Waals surface area contributed by atoms with E-state index in [1.807, 2.05) is 55.5 Å². The minimum atomic E-state index is -0.0927. The molecule has 0 aliphatic carbocycles. The van der Waals surface area contributed by atoms with Crippen LogP contribution < -0.4 is 11.1 Å². The fourth-order valence-corrected chi connectivity index (χ4v) is 1.92. The van der Waals surface area contributed by atoms with E-state index in [9.17, 15) is 4.79 Å². The van der Waals surface area contributed by atoms with Crippen LogP contribution in [-0.4, -0.2) is 12.5 Å². The lowest BCUT2D eigenvalue weighted by Crippen LogP contribution is -2.12. The Morgan fingerprint density at radius 1 is 1.16 bits per heavy atom. The first-order valence-corrected chi connectivity index (χ1v) is 6.36. The van der Waals surface area contributed by atoms with Gasteiger partial charge in [0.15, 0.2) is 0 Å². The molecule has 98 valence electrons. The number of anilines is 1. The number of amides is 1. The molecule has 0 aliphatic rings. The molecule has 1 amide bonds. The molecule has 0 aromatic heterocycles. The van der Waals surface area contributed by atoms with Crippen LogP contribution in [0.4, 0.5) is 5.69 Å². The summed E-state index contributed by atoms with van der Waals surface area (Å²) in [4.78, 5) is 12.1. The quantitative estimate of drug-likeness (QED) is 0.881. The highest BCUT2D eigenvalue weighted by Crippen LogP contribution is 2.12. The van der Waals surface area contributed by atoms with Gasteiger partial charge in [0.1, 0.15) is 0 Å². The summed E-state index contributed by atoms with van der Waals surface area (Å²) < 4.78 is 0. The molecule has 2 aromatic rings. The summed E-state index contributed by atoms with van der Waals surface area (Å²) in [6, 6.07) is 15.3. The summed E-state index contributed by atoms with van der Waals surface area (Å²) in [6.45, 7) is 2.62. The summed E-state index contributed by atoms with van der Waals surface area (Å²) in [5, 5.41) is 2.89. The minimum absolute atomic E-state index is 0.0927. The van der Waals surface area contributed by atoms with Gasteiger partial charge in [0.25, 0.3) is 5.91 Å². The van der Waals surface area contributed by atoms with Crippen molar-refractivity contribution in [2.45, 2.75) is 13.3 Å². The van der Waals surface area contributed by atoms with Crippen molar-refractivity contribution in [3.63, 3.8) is 0 Å². The van der Waals surface area contributed by atoms with Crippen LogP contribution in [0.15, 0.2) is 48.5 Å². The van der Waals surface area contributed by atoms with Crippen molar-refractivity contribution < 1.29 is 4.79 Å². The van der Waals surface area contributed by atoms with Crippen LogP contribution in [-0.2, 0) is 6.42 Å². The smallest absolute Gasteiger partial charge is 0.255 e. The zero-order valence-electron chi connectivity index (χ0n) is 11.0. The number of nitrogens with one attached hydrogen (secondary N) is 1. The van der Waals surface area contributed by atoms with E-state index < -0.39 is 0 Å². The number of hydrogen-bond donors (Lipinski definition) is 2. The molecule has 3 N–H and O–H groups in total. The van der Waals surface area contributed by atoms with E-state index in [0.29, 0.717) is 12.1 Å². The molecule has 0 heterocycles. The van der Waals surface area contributed by atoms with Crippen LogP contribution in [0.25, 0.3) is 0 Å². The number of carbonyl (C=O) groups is 1. The van der Waals surface area contributed by atoms with Gasteiger partial charge < -0.3 is 11.1 Å². The number of benzene rings is 2. The van der Waals surface area contributed by atoms with Gasteiger partial charge >= 0.3 is 0 Å². The topological polar surface area (TPSA) is 55.1 Å². The largest absolute Gasteiger partial charge is 0.330 e. The van der Waals surface area contributed by atoms with Crippen LogP contribution in [0.3, 0.4) is 0 Å². The molecule has 0 spiro atoms. The summed E-state index contributed by atoms with van der Waals surface area (Å²) in [5.41, 5.74) is 9.24. The van der Waals surface area contributed by atoms with Crippen molar-refractivity contribution in [3.05, 3.63) is 65.2 Å². The second-order valence-electron chi connectivity index (χ2n) is 4.56. The molecule has 0 fully saturated rings. The summed E-state index contributed by atoms with van der Waals surface area (Å²) in [7, 11) is 0. The highest BCUT2D eigenvalue weighted by Gasteiger charge is 2.05. The molecule has 0 aliphatic heterocycles. The molecule has 0 saturated carbocycles. The lowest BCUT2D eigenvalue weighted by atomic mass is 10.1. The molecular formula is C16H18N2O. The van der Waals surface area contributed by atoms with Crippen LogP contribution in [0.1, 0.15) is 21.5 Å². The maximum atomic E-state index is 12.1. The lowest BCUT2D eigenvalue weighted by molar-refractivity contribution is 0.102. The average Bonchev–Trinajstić information content (AvgIpc) is 2.40. The van der Waals surface area contributed by atoms with Gasteiger partial charge in [-0.15, -0.1) is 0 Å². The van der Waals surface area contributed by atoms with Crippen molar-refractivity contribution >= 4 is 11.6 Å². The molecule has 0 bridgehead atoms. The predicted octanol–water partition coefficient (Wildman–Crippen LogP) is 2.75. The normalized spacial score (nSPS) is 10.2. The standard InChI is InChI=1S/C16H18N2O/c1-12-3-2-4-15(11-12)18-16(19)14-7-5-13(6-8-14)9-10-17/h2-8,11H,9-10,17H2,1H3,(H,18,19). The Kier molecular flexibility index (Phi) is 4.31. The number of hydrogen-bond acceptors (Lipinski definition) is 2. The first-order valence-electron chi connectivity index (χ1n) is 6.36. The van der Waals surface area contributed by atoms with Crippen LogP contribution in [0, 0.1) is 6.92 Å². The predicted molar refractivity (Wildman–Crippen MR) is 78.3 cm³/mol. The molecular weight excluding hydrogens is 236 g/mol. The van der Waals surface area contributed by atoms with Gasteiger partial charge in [-0.05, 0) is 55.3 Å². The van der Waals surface area contributed by atoms with Crippen molar-refractivity contribution in [2.75, 3.05) is 11.9 Å². The van der Waals surface area contributed by atoms with E-state index in [0.717, 1.165) is 23.2 Å². The number of nitrogens with two attached hydrogens (primary N) is 1. The fourth-order valence-electron chi connectivity index (χ4n) is 1.92.